The van der Waals surface area contributed by atoms with Gasteiger partial charge in [-0.2, -0.15) is 0 Å². The van der Waals surface area contributed by atoms with Gasteiger partial charge in [0.2, 0.25) is 0 Å². The van der Waals surface area contributed by atoms with Gasteiger partial charge in [-0.15, -0.1) is 0 Å². The second-order valence-corrected chi connectivity index (χ2v) is 14.9. The van der Waals surface area contributed by atoms with E-state index in [1.54, 1.807) is 0 Å². The minimum atomic E-state index is -3.09. The number of nitrogens with zero attached hydrogens (tertiary/aromatic N) is 1. The summed E-state index contributed by atoms with van der Waals surface area (Å²) in [5.41, 5.74) is -0.783. The normalized spacial score (nSPS) is 13.7. The molecule has 1 rings (SSSR count). The van der Waals surface area contributed by atoms with Crippen molar-refractivity contribution in [1.82, 2.24) is 10.3 Å². The van der Waals surface area contributed by atoms with E-state index in [2.05, 4.69) is 41.1 Å². The van der Waals surface area contributed by atoms with E-state index < -0.39 is 52.0 Å². The number of halogens is 3. The predicted octanol–water partition coefficient (Wildman–Crippen LogP) is 3.54. The summed E-state index contributed by atoms with van der Waals surface area (Å²) in [4.78, 5) is 17.0. The van der Waals surface area contributed by atoms with Gasteiger partial charge >= 0.3 is 175 Å². The van der Waals surface area contributed by atoms with E-state index in [4.69, 9.17) is 0 Å². The first-order chi connectivity index (χ1) is 12.7. The number of carbonyl (C=O) groups is 1. The van der Waals surface area contributed by atoms with Crippen LogP contribution in [0, 0.1) is 0 Å². The van der Waals surface area contributed by atoms with Crippen LogP contribution in [0.3, 0.4) is 0 Å². The number of rotatable bonds is 9. The first-order valence-corrected chi connectivity index (χ1v) is 12.0. The first-order valence-electron chi connectivity index (χ1n) is 9.14. The number of pyridine rings is 1. The Bertz CT molecular complexity index is 664. The molecule has 0 aliphatic rings. The number of aromatic nitrogens is 1. The van der Waals surface area contributed by atoms with Crippen LogP contribution in [0.4, 0.5) is 18.9 Å². The monoisotopic (exact) mass is 509 g/mol. The molecule has 0 aromatic carbocycles. The van der Waals surface area contributed by atoms with E-state index in [-0.39, 0.29) is 9.47 Å². The predicted molar refractivity (Wildman–Crippen MR) is 106 cm³/mol. The average Bonchev–Trinajstić information content (AvgIpc) is 2.49. The summed E-state index contributed by atoms with van der Waals surface area (Å²) in [6.45, 7) is 9.31. The molecule has 28 heavy (non-hydrogen) atoms. The van der Waals surface area contributed by atoms with Crippen molar-refractivity contribution in [2.24, 2.45) is 0 Å². The van der Waals surface area contributed by atoms with Crippen LogP contribution < -0.4 is 14.3 Å². The fraction of sp³-hybridized carbons (Fsp3) is 0.684. The van der Waals surface area contributed by atoms with Gasteiger partial charge in [0.15, 0.2) is 0 Å². The van der Waals surface area contributed by atoms with Crippen LogP contribution in [-0.2, 0) is 4.74 Å². The average molecular weight is 508 g/mol. The van der Waals surface area contributed by atoms with Crippen LogP contribution in [0.25, 0.3) is 0 Å². The van der Waals surface area contributed by atoms with E-state index in [0.29, 0.717) is 11.3 Å². The molecule has 0 aliphatic heterocycles. The first kappa shape index (κ1) is 25.0. The molecule has 1 heterocycles. The third-order valence-electron chi connectivity index (χ3n) is 3.68. The van der Waals surface area contributed by atoms with Gasteiger partial charge in [-0.3, -0.25) is 0 Å². The molecule has 2 N–H and O–H groups in total. The number of alkyl halides is 3. The van der Waals surface area contributed by atoms with Crippen molar-refractivity contribution in [3.63, 3.8) is 0 Å². The molecule has 0 saturated carbocycles. The maximum absolute atomic E-state index is 14.3. The molecule has 1 amide bonds. The molecule has 0 spiro atoms. The van der Waals surface area contributed by atoms with Gasteiger partial charge in [0.05, 0.1) is 0 Å². The zero-order valence-electron chi connectivity index (χ0n) is 17.5. The third-order valence-corrected chi connectivity index (χ3v) is 7.34. The van der Waals surface area contributed by atoms with Gasteiger partial charge in [0.1, 0.15) is 0 Å². The molecule has 0 unspecified atom stereocenters. The maximum atomic E-state index is 14.3. The molecule has 1 aromatic rings. The third kappa shape index (κ3) is 8.55. The van der Waals surface area contributed by atoms with E-state index >= 15 is 0 Å². The van der Waals surface area contributed by atoms with Crippen LogP contribution in [-0.4, -0.2) is 63.0 Å². The second kappa shape index (κ2) is 10.1. The number of ether oxygens (including phenoxy) is 1. The molecule has 0 bridgehead atoms. The van der Waals surface area contributed by atoms with E-state index in [1.165, 1.54) is 20.0 Å². The Morgan fingerprint density at radius 1 is 1.21 bits per heavy atom. The van der Waals surface area contributed by atoms with Crippen LogP contribution in [0.1, 0.15) is 58.8 Å². The van der Waals surface area contributed by atoms with Gasteiger partial charge < -0.3 is 0 Å². The zero-order valence-corrected chi connectivity index (χ0v) is 20.3. The Kier molecular flexibility index (Phi) is 9.05. The van der Waals surface area contributed by atoms with Crippen molar-refractivity contribution < 1.29 is 22.7 Å². The van der Waals surface area contributed by atoms with Crippen molar-refractivity contribution in [1.29, 1.82) is 0 Å². The SMILES string of the molecule is CC(C)Nc1c[c]([Sn][C](C)(C)C)ncc1C(=O)NC[C@@H](F)C(C)(C)OC(F)F. The number of hydrogen-bond acceptors (Lipinski definition) is 4. The summed E-state index contributed by atoms with van der Waals surface area (Å²) in [6, 6.07) is 1.98. The van der Waals surface area contributed by atoms with Crippen molar-refractivity contribution in [2.45, 2.75) is 76.3 Å². The quantitative estimate of drug-likeness (QED) is 0.502. The molecule has 5 nitrogen and oxygen atoms in total. The number of carbonyl (C=O) groups excluding carboxylic acids is 1. The van der Waals surface area contributed by atoms with Crippen molar-refractivity contribution >= 4 is 36.4 Å². The molecule has 1 aromatic heterocycles. The Labute approximate surface area is 175 Å². The molecular weight excluding hydrogens is 478 g/mol. The standard InChI is InChI=1S/C15H21F3N3O2.C4H9.Sn/c1-9(2)21-11-5-6-19-7-10(11)13(22)20-8-12(16)15(3,4)23-14(17)18;1-4(2)3;/h5,7,9,12,14H,8H2,1-4H3,(H,19,21)(H,20,22);1-3H3;/t12-;;/m1../s1. The molecule has 158 valence electrons. The molecule has 1 atom stereocenters. The molecule has 9 heteroatoms. The summed E-state index contributed by atoms with van der Waals surface area (Å²) in [5.74, 6) is -0.515. The minimum absolute atomic E-state index is 0.0918. The van der Waals surface area contributed by atoms with Crippen molar-refractivity contribution in [3.8, 4) is 0 Å². The second-order valence-electron chi connectivity index (χ2n) is 8.45. The van der Waals surface area contributed by atoms with Crippen LogP contribution in [0.5, 0.6) is 0 Å². The number of anilines is 1. The Morgan fingerprint density at radius 3 is 2.32 bits per heavy atom. The molecule has 0 fully saturated rings. The summed E-state index contributed by atoms with van der Waals surface area (Å²) < 4.78 is 44.6. The van der Waals surface area contributed by atoms with Crippen molar-refractivity contribution in [2.75, 3.05) is 11.9 Å². The van der Waals surface area contributed by atoms with Gasteiger partial charge in [-0.25, -0.2) is 0 Å². The molecule has 0 saturated heterocycles. The summed E-state index contributed by atoms with van der Waals surface area (Å²) >= 11 is -0.963. The van der Waals surface area contributed by atoms with Gasteiger partial charge in [0, 0.05) is 0 Å². The molecule has 0 aliphatic carbocycles. The Morgan fingerprint density at radius 2 is 1.82 bits per heavy atom. The summed E-state index contributed by atoms with van der Waals surface area (Å²) in [6.07, 6.45) is -0.301. The number of nitrogens with one attached hydrogen (secondary N) is 2. The van der Waals surface area contributed by atoms with Crippen molar-refractivity contribution in [3.05, 3.63) is 17.8 Å². The van der Waals surface area contributed by atoms with Gasteiger partial charge in [-0.05, 0) is 0 Å². The number of amides is 1. The molecular formula is C19H30F3N3O2Sn. The van der Waals surface area contributed by atoms with Gasteiger partial charge in [0.25, 0.3) is 0 Å². The van der Waals surface area contributed by atoms with E-state index in [1.807, 2.05) is 19.9 Å². The number of hydrogen-bond donors (Lipinski definition) is 2. The van der Waals surface area contributed by atoms with E-state index in [0.717, 1.165) is 3.71 Å². The summed E-state index contributed by atoms with van der Waals surface area (Å²) in [7, 11) is 0. The fourth-order valence-corrected chi connectivity index (χ4v) is 5.53. The Hall–Kier alpha value is -1.03. The Balaban J connectivity index is 2.93. The van der Waals surface area contributed by atoms with Crippen LogP contribution in [0.15, 0.2) is 12.3 Å². The fourth-order valence-electron chi connectivity index (χ4n) is 2.35. The van der Waals surface area contributed by atoms with Crippen LogP contribution in [0.2, 0.25) is 3.43 Å². The molecule has 2 radical (unpaired) electrons. The van der Waals surface area contributed by atoms with E-state index in [9.17, 15) is 18.0 Å². The summed E-state index contributed by atoms with van der Waals surface area (Å²) in [5, 5.41) is 5.69. The van der Waals surface area contributed by atoms with Gasteiger partial charge in [-0.1, -0.05) is 0 Å². The van der Waals surface area contributed by atoms with Crippen LogP contribution >= 0.6 is 0 Å². The zero-order chi connectivity index (χ0) is 21.7. The topological polar surface area (TPSA) is 63.2 Å².